The summed E-state index contributed by atoms with van der Waals surface area (Å²) in [6, 6.07) is 0. The number of alkyl halides is 1. The summed E-state index contributed by atoms with van der Waals surface area (Å²) < 4.78 is 10.4. The minimum atomic E-state index is -0.373. The Bertz CT molecular complexity index is 137. The average Bonchev–Trinajstić information content (AvgIpc) is 2.14. The first kappa shape index (κ1) is 12.7. The number of amides is 1. The summed E-state index contributed by atoms with van der Waals surface area (Å²) in [5.74, 6) is -0.253. The molecule has 0 saturated carbocycles. The van der Waals surface area contributed by atoms with Crippen molar-refractivity contribution in [3.8, 4) is 0 Å². The maximum Gasteiger partial charge on any atom is 0.235 e. The molecule has 0 unspecified atom stereocenters. The number of ether oxygens (including phenoxy) is 2. The molecule has 0 aromatic rings. The lowest BCUT2D eigenvalue weighted by Crippen LogP contribution is -2.35. The largest absolute Gasteiger partial charge is 0.351 e. The lowest BCUT2D eigenvalue weighted by Gasteiger charge is -2.16. The number of carbonyl (C=O) groups is 1. The smallest absolute Gasteiger partial charge is 0.235 e. The number of hydrogen-bond donors (Lipinski definition) is 1. The molecule has 0 spiro atoms. The lowest BCUT2D eigenvalue weighted by molar-refractivity contribution is -0.139. The van der Waals surface area contributed by atoms with Crippen molar-refractivity contribution in [2.24, 2.45) is 0 Å². The van der Waals surface area contributed by atoms with E-state index < -0.39 is 0 Å². The van der Waals surface area contributed by atoms with Crippen LogP contribution in [0.3, 0.4) is 0 Å². The third-order valence-corrected chi connectivity index (χ3v) is 1.54. The molecule has 0 aromatic carbocycles. The molecule has 0 radical (unpaired) electrons. The van der Waals surface area contributed by atoms with Gasteiger partial charge in [0.25, 0.3) is 0 Å². The lowest BCUT2D eigenvalue weighted by atomic mass is 10.5. The van der Waals surface area contributed by atoms with E-state index in [0.29, 0.717) is 19.8 Å². The van der Waals surface area contributed by atoms with Crippen LogP contribution in [0.4, 0.5) is 0 Å². The average molecular weight is 210 g/mol. The first-order chi connectivity index (χ1) is 6.24. The minimum absolute atomic E-state index is 0.0367. The molecular weight excluding hydrogens is 194 g/mol. The van der Waals surface area contributed by atoms with Crippen LogP contribution < -0.4 is 5.32 Å². The topological polar surface area (TPSA) is 47.6 Å². The van der Waals surface area contributed by atoms with Crippen molar-refractivity contribution in [2.45, 2.75) is 20.1 Å². The van der Waals surface area contributed by atoms with Crippen LogP contribution in [0.25, 0.3) is 0 Å². The normalized spacial score (nSPS) is 10.5. The summed E-state index contributed by atoms with van der Waals surface area (Å²) in [4.78, 5) is 10.8. The molecule has 0 saturated heterocycles. The summed E-state index contributed by atoms with van der Waals surface area (Å²) in [6.45, 7) is 5.20. The maximum absolute atomic E-state index is 10.8. The van der Waals surface area contributed by atoms with E-state index in [4.69, 9.17) is 21.1 Å². The molecule has 13 heavy (non-hydrogen) atoms. The van der Waals surface area contributed by atoms with Gasteiger partial charge in [-0.05, 0) is 13.8 Å². The molecule has 0 heterocycles. The third-order valence-electron chi connectivity index (χ3n) is 1.29. The van der Waals surface area contributed by atoms with E-state index in [1.807, 2.05) is 13.8 Å². The quantitative estimate of drug-likeness (QED) is 0.497. The second kappa shape index (κ2) is 8.29. The Balaban J connectivity index is 3.61. The fourth-order valence-electron chi connectivity index (χ4n) is 0.782. The van der Waals surface area contributed by atoms with Gasteiger partial charge in [-0.25, -0.2) is 0 Å². The molecule has 0 aliphatic heterocycles. The molecule has 0 bridgehead atoms. The maximum atomic E-state index is 10.8. The van der Waals surface area contributed by atoms with Gasteiger partial charge in [-0.3, -0.25) is 4.79 Å². The van der Waals surface area contributed by atoms with E-state index in [9.17, 15) is 4.79 Å². The van der Waals surface area contributed by atoms with Gasteiger partial charge < -0.3 is 14.8 Å². The summed E-state index contributed by atoms with van der Waals surface area (Å²) in [5, 5.41) is 2.58. The third kappa shape index (κ3) is 6.81. The van der Waals surface area contributed by atoms with Crippen LogP contribution in [0.15, 0.2) is 0 Å². The molecule has 0 fully saturated rings. The Labute approximate surface area is 83.5 Å². The van der Waals surface area contributed by atoms with E-state index in [-0.39, 0.29) is 18.1 Å². The zero-order chi connectivity index (χ0) is 10.1. The van der Waals surface area contributed by atoms with E-state index in [1.165, 1.54) is 0 Å². The fourth-order valence-corrected chi connectivity index (χ4v) is 0.877. The van der Waals surface area contributed by atoms with Crippen molar-refractivity contribution in [3.63, 3.8) is 0 Å². The van der Waals surface area contributed by atoms with Gasteiger partial charge in [0.15, 0.2) is 6.29 Å². The van der Waals surface area contributed by atoms with Gasteiger partial charge in [0.2, 0.25) is 5.91 Å². The number of halogens is 1. The van der Waals surface area contributed by atoms with Crippen LogP contribution in [0.2, 0.25) is 0 Å². The van der Waals surface area contributed by atoms with Crippen molar-refractivity contribution in [1.82, 2.24) is 5.32 Å². The highest BCUT2D eigenvalue weighted by atomic mass is 35.5. The van der Waals surface area contributed by atoms with Crippen molar-refractivity contribution in [3.05, 3.63) is 0 Å². The molecular formula is C8H16ClNO3. The molecule has 78 valence electrons. The molecule has 0 aromatic heterocycles. The summed E-state index contributed by atoms with van der Waals surface area (Å²) in [6.07, 6.45) is -0.373. The highest BCUT2D eigenvalue weighted by molar-refractivity contribution is 6.27. The van der Waals surface area contributed by atoms with Crippen LogP contribution in [0, 0.1) is 0 Å². The first-order valence-corrected chi connectivity index (χ1v) is 4.83. The van der Waals surface area contributed by atoms with Gasteiger partial charge >= 0.3 is 0 Å². The van der Waals surface area contributed by atoms with Crippen molar-refractivity contribution < 1.29 is 14.3 Å². The first-order valence-electron chi connectivity index (χ1n) is 4.30. The van der Waals surface area contributed by atoms with E-state index in [2.05, 4.69) is 5.32 Å². The number of nitrogens with one attached hydrogen (secondary N) is 1. The van der Waals surface area contributed by atoms with E-state index in [1.54, 1.807) is 0 Å². The van der Waals surface area contributed by atoms with Crippen LogP contribution in [0.1, 0.15) is 13.8 Å². The molecule has 4 nitrogen and oxygen atoms in total. The van der Waals surface area contributed by atoms with Gasteiger partial charge in [-0.15, -0.1) is 11.6 Å². The highest BCUT2D eigenvalue weighted by Crippen LogP contribution is 1.93. The fraction of sp³-hybridized carbons (Fsp3) is 0.875. The van der Waals surface area contributed by atoms with Crippen LogP contribution >= 0.6 is 11.6 Å². The molecule has 0 aliphatic rings. The van der Waals surface area contributed by atoms with Gasteiger partial charge in [0.05, 0.1) is 6.54 Å². The zero-order valence-electron chi connectivity index (χ0n) is 8.01. The SMILES string of the molecule is CCOC(CNC(=O)CCl)OCC. The van der Waals surface area contributed by atoms with Crippen LogP contribution in [-0.2, 0) is 14.3 Å². The van der Waals surface area contributed by atoms with Gasteiger partial charge in [0, 0.05) is 13.2 Å². The Kier molecular flexibility index (Phi) is 8.08. The molecule has 1 amide bonds. The molecule has 0 atom stereocenters. The highest BCUT2D eigenvalue weighted by Gasteiger charge is 2.08. The number of rotatable bonds is 7. The summed E-state index contributed by atoms with van der Waals surface area (Å²) >= 11 is 5.30. The summed E-state index contributed by atoms with van der Waals surface area (Å²) in [7, 11) is 0. The number of carbonyl (C=O) groups excluding carboxylic acids is 1. The monoisotopic (exact) mass is 209 g/mol. The predicted octanol–water partition coefficient (Wildman–Crippen LogP) is 0.740. The minimum Gasteiger partial charge on any atom is -0.351 e. The van der Waals surface area contributed by atoms with Gasteiger partial charge in [-0.1, -0.05) is 0 Å². The second-order valence-corrected chi connectivity index (χ2v) is 2.55. The summed E-state index contributed by atoms with van der Waals surface area (Å²) in [5.41, 5.74) is 0. The number of hydrogen-bond acceptors (Lipinski definition) is 3. The predicted molar refractivity (Wildman–Crippen MR) is 50.8 cm³/mol. The zero-order valence-corrected chi connectivity index (χ0v) is 8.76. The molecule has 1 N–H and O–H groups in total. The Morgan fingerprint density at radius 2 is 1.92 bits per heavy atom. The second-order valence-electron chi connectivity index (χ2n) is 2.28. The van der Waals surface area contributed by atoms with Crippen LogP contribution in [-0.4, -0.2) is 37.8 Å². The van der Waals surface area contributed by atoms with Crippen LogP contribution in [0.5, 0.6) is 0 Å². The standard InChI is InChI=1S/C8H16ClNO3/c1-3-12-8(13-4-2)6-10-7(11)5-9/h8H,3-6H2,1-2H3,(H,10,11). The Morgan fingerprint density at radius 1 is 1.38 bits per heavy atom. The van der Waals surface area contributed by atoms with Crippen molar-refractivity contribution in [2.75, 3.05) is 25.6 Å². The van der Waals surface area contributed by atoms with E-state index >= 15 is 0 Å². The van der Waals surface area contributed by atoms with Gasteiger partial charge in [0.1, 0.15) is 5.88 Å². The molecule has 0 rings (SSSR count). The van der Waals surface area contributed by atoms with E-state index in [0.717, 1.165) is 0 Å². The Hall–Kier alpha value is -0.320. The molecule has 0 aliphatic carbocycles. The van der Waals surface area contributed by atoms with Crippen molar-refractivity contribution >= 4 is 17.5 Å². The van der Waals surface area contributed by atoms with Crippen molar-refractivity contribution in [1.29, 1.82) is 0 Å². The Morgan fingerprint density at radius 3 is 2.31 bits per heavy atom. The molecule has 5 heteroatoms. The van der Waals surface area contributed by atoms with Gasteiger partial charge in [-0.2, -0.15) is 0 Å².